The molecule has 0 saturated heterocycles. The summed E-state index contributed by atoms with van der Waals surface area (Å²) in [6.45, 7) is 0. The Morgan fingerprint density at radius 2 is 1.42 bits per heavy atom. The van der Waals surface area contributed by atoms with Gasteiger partial charge in [0.05, 0.1) is 11.1 Å². The fourth-order valence-electron chi connectivity index (χ4n) is 2.89. The van der Waals surface area contributed by atoms with Gasteiger partial charge in [-0.1, -0.05) is 54.1 Å². The molecule has 5 nitrogen and oxygen atoms in total. The van der Waals surface area contributed by atoms with Crippen molar-refractivity contribution in [2.24, 2.45) is 7.05 Å². The molecule has 118 valence electrons. The fourth-order valence-corrected chi connectivity index (χ4v) is 3.25. The molecule has 0 spiro atoms. The number of carbonyl (C=O) groups excluding carboxylic acids is 2. The highest BCUT2D eigenvalue weighted by atomic mass is 35.5. The SMILES string of the molecule is Cn1nc(-c2ccccc2)c(Cl)c1N1C(=O)c2ccccc2C1=O. The molecule has 0 bridgehead atoms. The molecule has 2 amide bonds. The van der Waals surface area contributed by atoms with E-state index in [4.69, 9.17) is 11.6 Å². The molecule has 1 aliphatic rings. The molecule has 3 aromatic rings. The molecule has 0 aliphatic carbocycles. The number of hydrogen-bond acceptors (Lipinski definition) is 3. The number of carbonyl (C=O) groups is 2. The highest BCUT2D eigenvalue weighted by molar-refractivity contribution is 6.40. The summed E-state index contributed by atoms with van der Waals surface area (Å²) >= 11 is 6.49. The zero-order valence-electron chi connectivity index (χ0n) is 12.7. The van der Waals surface area contributed by atoms with Gasteiger partial charge in [-0.2, -0.15) is 5.10 Å². The van der Waals surface area contributed by atoms with Gasteiger partial charge in [0.2, 0.25) is 0 Å². The molecule has 0 unspecified atom stereocenters. The van der Waals surface area contributed by atoms with Crippen LogP contribution in [0.25, 0.3) is 11.3 Å². The molecule has 1 aliphatic heterocycles. The van der Waals surface area contributed by atoms with Gasteiger partial charge in [0.1, 0.15) is 10.7 Å². The predicted molar refractivity (Wildman–Crippen MR) is 91.2 cm³/mol. The second kappa shape index (κ2) is 5.32. The standard InChI is InChI=1S/C18H12ClN3O2/c1-21-16(14(19)15(20-21)11-7-3-2-4-8-11)22-17(23)12-9-5-6-10-13(12)18(22)24/h2-10H,1H3. The molecular weight excluding hydrogens is 326 g/mol. The van der Waals surface area contributed by atoms with Crippen molar-refractivity contribution in [1.82, 2.24) is 9.78 Å². The van der Waals surface area contributed by atoms with Crippen molar-refractivity contribution in [3.8, 4) is 11.3 Å². The van der Waals surface area contributed by atoms with Gasteiger partial charge in [-0.3, -0.25) is 9.59 Å². The van der Waals surface area contributed by atoms with E-state index in [-0.39, 0.29) is 22.7 Å². The molecular formula is C18H12ClN3O2. The molecule has 6 heteroatoms. The lowest BCUT2D eigenvalue weighted by Crippen LogP contribution is -2.31. The smallest absolute Gasteiger partial charge is 0.267 e. The largest absolute Gasteiger partial charge is 0.268 e. The first-order valence-corrected chi connectivity index (χ1v) is 7.73. The summed E-state index contributed by atoms with van der Waals surface area (Å²) in [5.41, 5.74) is 2.11. The maximum Gasteiger partial charge on any atom is 0.267 e. The van der Waals surface area contributed by atoms with Crippen LogP contribution < -0.4 is 4.90 Å². The Morgan fingerprint density at radius 1 is 0.875 bits per heavy atom. The van der Waals surface area contributed by atoms with Crippen LogP contribution in [-0.4, -0.2) is 21.6 Å². The quantitative estimate of drug-likeness (QED) is 0.672. The van der Waals surface area contributed by atoms with E-state index >= 15 is 0 Å². The summed E-state index contributed by atoms with van der Waals surface area (Å²) in [5.74, 6) is -0.498. The van der Waals surface area contributed by atoms with Gasteiger partial charge in [0, 0.05) is 12.6 Å². The Hall–Kier alpha value is -2.92. The highest BCUT2D eigenvalue weighted by Crippen LogP contribution is 2.38. The number of aromatic nitrogens is 2. The van der Waals surface area contributed by atoms with Gasteiger partial charge in [0.25, 0.3) is 11.8 Å². The van der Waals surface area contributed by atoms with Crippen molar-refractivity contribution in [2.75, 3.05) is 4.90 Å². The average Bonchev–Trinajstić information content (AvgIpc) is 3.03. The molecule has 0 saturated carbocycles. The molecule has 0 fully saturated rings. The van der Waals surface area contributed by atoms with E-state index in [1.165, 1.54) is 4.68 Å². The Bertz CT molecular complexity index is 944. The van der Waals surface area contributed by atoms with Crippen molar-refractivity contribution < 1.29 is 9.59 Å². The van der Waals surface area contributed by atoms with Crippen molar-refractivity contribution in [3.63, 3.8) is 0 Å². The van der Waals surface area contributed by atoms with E-state index in [2.05, 4.69) is 5.10 Å². The summed E-state index contributed by atoms with van der Waals surface area (Å²) in [7, 11) is 1.66. The topological polar surface area (TPSA) is 55.2 Å². The zero-order chi connectivity index (χ0) is 16.8. The minimum Gasteiger partial charge on any atom is -0.268 e. The Labute approximate surface area is 143 Å². The van der Waals surface area contributed by atoms with Gasteiger partial charge in [-0.25, -0.2) is 9.58 Å². The first-order chi connectivity index (χ1) is 11.6. The van der Waals surface area contributed by atoms with Crippen LogP contribution in [0.5, 0.6) is 0 Å². The summed E-state index contributed by atoms with van der Waals surface area (Å²) in [4.78, 5) is 26.4. The minimum absolute atomic E-state index is 0.276. The number of hydrogen-bond donors (Lipinski definition) is 0. The third-order valence-corrected chi connectivity index (χ3v) is 4.36. The summed E-state index contributed by atoms with van der Waals surface area (Å²) in [6.07, 6.45) is 0. The van der Waals surface area contributed by atoms with Crippen LogP contribution in [0.15, 0.2) is 54.6 Å². The number of anilines is 1. The normalized spacial score (nSPS) is 13.5. The minimum atomic E-state index is -0.389. The Morgan fingerprint density at radius 3 is 2.00 bits per heavy atom. The van der Waals surface area contributed by atoms with Crippen LogP contribution in [0.3, 0.4) is 0 Å². The van der Waals surface area contributed by atoms with E-state index in [1.807, 2.05) is 30.3 Å². The molecule has 24 heavy (non-hydrogen) atoms. The average molecular weight is 338 g/mol. The number of halogens is 1. The lowest BCUT2D eigenvalue weighted by atomic mass is 10.1. The van der Waals surface area contributed by atoms with Gasteiger partial charge in [-0.05, 0) is 12.1 Å². The van der Waals surface area contributed by atoms with Crippen LogP contribution in [0.4, 0.5) is 5.82 Å². The van der Waals surface area contributed by atoms with Crippen LogP contribution in [0.2, 0.25) is 5.02 Å². The maximum absolute atomic E-state index is 12.7. The van der Waals surface area contributed by atoms with E-state index in [1.54, 1.807) is 31.3 Å². The fraction of sp³-hybridized carbons (Fsp3) is 0.0556. The highest BCUT2D eigenvalue weighted by Gasteiger charge is 2.39. The molecule has 0 atom stereocenters. The molecule has 2 aromatic carbocycles. The molecule has 2 heterocycles. The maximum atomic E-state index is 12.7. The summed E-state index contributed by atoms with van der Waals surface area (Å²) in [6, 6.07) is 16.1. The van der Waals surface area contributed by atoms with E-state index < -0.39 is 0 Å². The number of benzene rings is 2. The second-order valence-corrected chi connectivity index (χ2v) is 5.85. The van der Waals surface area contributed by atoms with E-state index in [0.29, 0.717) is 16.8 Å². The van der Waals surface area contributed by atoms with Crippen molar-refractivity contribution in [3.05, 3.63) is 70.7 Å². The number of rotatable bonds is 2. The second-order valence-electron chi connectivity index (χ2n) is 5.47. The van der Waals surface area contributed by atoms with Gasteiger partial charge >= 0.3 is 0 Å². The third-order valence-electron chi connectivity index (χ3n) is 4.01. The molecule has 4 rings (SSSR count). The number of amides is 2. The Kier molecular flexibility index (Phi) is 3.25. The third kappa shape index (κ3) is 1.98. The van der Waals surface area contributed by atoms with E-state index in [9.17, 15) is 9.59 Å². The van der Waals surface area contributed by atoms with Crippen LogP contribution in [0, 0.1) is 0 Å². The van der Waals surface area contributed by atoms with Crippen LogP contribution >= 0.6 is 11.6 Å². The van der Waals surface area contributed by atoms with Crippen LogP contribution in [0.1, 0.15) is 20.7 Å². The molecule has 0 radical (unpaired) electrons. The number of fused-ring (bicyclic) bond motifs is 1. The first kappa shape index (κ1) is 14.7. The monoisotopic (exact) mass is 337 g/mol. The van der Waals surface area contributed by atoms with Crippen molar-refractivity contribution in [2.45, 2.75) is 0 Å². The summed E-state index contributed by atoms with van der Waals surface area (Å²) in [5, 5.41) is 4.67. The number of nitrogens with zero attached hydrogens (tertiary/aromatic N) is 3. The Balaban J connectivity index is 1.86. The molecule has 1 aromatic heterocycles. The summed E-state index contributed by atoms with van der Waals surface area (Å²) < 4.78 is 1.46. The van der Waals surface area contributed by atoms with Crippen molar-refractivity contribution in [1.29, 1.82) is 0 Å². The van der Waals surface area contributed by atoms with Crippen molar-refractivity contribution >= 4 is 29.2 Å². The molecule has 0 N–H and O–H groups in total. The zero-order valence-corrected chi connectivity index (χ0v) is 13.5. The van der Waals surface area contributed by atoms with Gasteiger partial charge in [-0.15, -0.1) is 0 Å². The number of imide groups is 1. The van der Waals surface area contributed by atoms with Gasteiger partial charge in [0.15, 0.2) is 5.82 Å². The predicted octanol–water partition coefficient (Wildman–Crippen LogP) is 3.54. The van der Waals surface area contributed by atoms with E-state index in [0.717, 1.165) is 10.5 Å². The lowest BCUT2D eigenvalue weighted by Gasteiger charge is -2.14. The van der Waals surface area contributed by atoms with Crippen LogP contribution in [-0.2, 0) is 7.05 Å². The van der Waals surface area contributed by atoms with Gasteiger partial charge < -0.3 is 0 Å². The lowest BCUT2D eigenvalue weighted by molar-refractivity contribution is 0.0923. The number of aryl methyl sites for hydroxylation is 1. The first-order valence-electron chi connectivity index (χ1n) is 7.35.